The summed E-state index contributed by atoms with van der Waals surface area (Å²) in [5.74, 6) is -3.55. The van der Waals surface area contributed by atoms with E-state index in [1.165, 1.54) is 19.4 Å². The molecular formula is C22H39N9O6. The van der Waals surface area contributed by atoms with Crippen LogP contribution in [0.4, 0.5) is 0 Å². The van der Waals surface area contributed by atoms with E-state index in [1.807, 2.05) is 13.8 Å². The number of imidazole rings is 1. The van der Waals surface area contributed by atoms with Crippen LogP contribution in [0.1, 0.15) is 45.7 Å². The number of carboxylic acid groups (broad SMARTS) is 1. The van der Waals surface area contributed by atoms with Crippen molar-refractivity contribution in [1.82, 2.24) is 25.9 Å². The van der Waals surface area contributed by atoms with Crippen molar-refractivity contribution >= 4 is 29.7 Å². The summed E-state index contributed by atoms with van der Waals surface area (Å²) in [6.07, 6.45) is 2.26. The number of hydrogen-bond acceptors (Lipinski definition) is 8. The molecule has 5 atom stereocenters. The van der Waals surface area contributed by atoms with Gasteiger partial charge in [-0.2, -0.15) is 0 Å². The van der Waals surface area contributed by atoms with Gasteiger partial charge in [-0.1, -0.05) is 13.8 Å². The lowest BCUT2D eigenvalue weighted by molar-refractivity contribution is -0.142. The molecule has 0 fully saturated rings. The molecule has 0 bridgehead atoms. The standard InChI is InChI=1S/C22H39N9O6/c1-11(2)7-15(19(34)31-16(21(36)37)8-13-9-26-10-28-13)30-18(33)14(5-4-6-27-22(24)25)29-20(35)17(23)12(3)32/h9-12,14-17,32H,4-8,23H2,1-3H3,(H,26,28)(H,29,35)(H,30,33)(H,31,34)(H,36,37)(H4,24,25,27). The van der Waals surface area contributed by atoms with Gasteiger partial charge in [-0.3, -0.25) is 19.4 Å². The molecule has 0 aliphatic carbocycles. The number of aliphatic hydroxyl groups is 1. The predicted octanol–water partition coefficient (Wildman–Crippen LogP) is -2.70. The maximum absolute atomic E-state index is 13.1. The minimum absolute atomic E-state index is 0.0366. The number of nitrogens with one attached hydrogen (secondary N) is 4. The smallest absolute Gasteiger partial charge is 0.326 e. The van der Waals surface area contributed by atoms with E-state index in [9.17, 15) is 29.4 Å². The van der Waals surface area contributed by atoms with Crippen LogP contribution in [-0.4, -0.2) is 86.6 Å². The van der Waals surface area contributed by atoms with Crippen molar-refractivity contribution in [3.05, 3.63) is 18.2 Å². The molecule has 3 amide bonds. The van der Waals surface area contributed by atoms with Crippen molar-refractivity contribution in [2.45, 2.75) is 76.7 Å². The number of nitrogens with two attached hydrogens (primary N) is 3. The van der Waals surface area contributed by atoms with Gasteiger partial charge in [0.1, 0.15) is 24.2 Å². The number of nitrogens with zero attached hydrogens (tertiary/aromatic N) is 2. The van der Waals surface area contributed by atoms with Crippen molar-refractivity contribution in [3.63, 3.8) is 0 Å². The third-order valence-electron chi connectivity index (χ3n) is 5.33. The highest BCUT2D eigenvalue weighted by Crippen LogP contribution is 2.09. The largest absolute Gasteiger partial charge is 0.480 e. The fourth-order valence-electron chi connectivity index (χ4n) is 3.32. The zero-order valence-electron chi connectivity index (χ0n) is 21.3. The third kappa shape index (κ3) is 11.7. The van der Waals surface area contributed by atoms with Crippen LogP contribution in [0.2, 0.25) is 0 Å². The minimum Gasteiger partial charge on any atom is -0.480 e. The quantitative estimate of drug-likeness (QED) is 0.0612. The molecule has 15 nitrogen and oxygen atoms in total. The van der Waals surface area contributed by atoms with Gasteiger partial charge in [0, 0.05) is 24.9 Å². The van der Waals surface area contributed by atoms with Crippen LogP contribution in [-0.2, 0) is 25.6 Å². The number of aliphatic carboxylic acids is 1. The SMILES string of the molecule is CC(C)CC(NC(=O)C(CCCN=C(N)N)NC(=O)C(N)C(C)O)C(=O)NC(Cc1cnc[nH]1)C(=O)O. The number of carbonyl (C=O) groups excluding carboxylic acids is 3. The summed E-state index contributed by atoms with van der Waals surface area (Å²) >= 11 is 0. The van der Waals surface area contributed by atoms with Gasteiger partial charge < -0.3 is 48.3 Å². The van der Waals surface area contributed by atoms with Gasteiger partial charge in [0.05, 0.1) is 12.4 Å². The average Bonchev–Trinajstić information content (AvgIpc) is 3.31. The lowest BCUT2D eigenvalue weighted by Gasteiger charge is -2.26. The highest BCUT2D eigenvalue weighted by Gasteiger charge is 2.31. The maximum Gasteiger partial charge on any atom is 0.326 e. The van der Waals surface area contributed by atoms with Gasteiger partial charge in [-0.05, 0) is 32.1 Å². The molecule has 15 heteroatoms. The molecule has 1 aromatic rings. The lowest BCUT2D eigenvalue weighted by Crippen LogP contribution is -2.58. The molecule has 12 N–H and O–H groups in total. The number of aromatic nitrogens is 2. The molecule has 5 unspecified atom stereocenters. The Kier molecular flexibility index (Phi) is 13.0. The first-order chi connectivity index (χ1) is 17.3. The summed E-state index contributed by atoms with van der Waals surface area (Å²) in [6.45, 7) is 5.20. The normalized spacial score (nSPS) is 15.1. The Balaban J connectivity index is 3.02. The molecular weight excluding hydrogens is 486 g/mol. The minimum atomic E-state index is -1.28. The van der Waals surface area contributed by atoms with Crippen LogP contribution in [0.25, 0.3) is 0 Å². The van der Waals surface area contributed by atoms with Crippen LogP contribution >= 0.6 is 0 Å². The van der Waals surface area contributed by atoms with Crippen LogP contribution < -0.4 is 33.2 Å². The Morgan fingerprint density at radius 1 is 1.03 bits per heavy atom. The summed E-state index contributed by atoms with van der Waals surface area (Å²) in [4.78, 5) is 60.8. The number of amides is 3. The van der Waals surface area contributed by atoms with E-state index in [2.05, 4.69) is 30.9 Å². The second-order valence-corrected chi connectivity index (χ2v) is 9.15. The molecule has 0 radical (unpaired) electrons. The number of H-pyrrole nitrogens is 1. The van der Waals surface area contributed by atoms with E-state index in [1.54, 1.807) is 0 Å². The maximum atomic E-state index is 13.1. The van der Waals surface area contributed by atoms with Crippen molar-refractivity contribution in [2.75, 3.05) is 6.54 Å². The van der Waals surface area contributed by atoms with E-state index in [0.717, 1.165) is 0 Å². The van der Waals surface area contributed by atoms with Gasteiger partial charge in [0.25, 0.3) is 0 Å². The molecule has 0 saturated heterocycles. The van der Waals surface area contributed by atoms with E-state index < -0.39 is 54.0 Å². The Morgan fingerprint density at radius 2 is 1.62 bits per heavy atom. The number of rotatable bonds is 16. The summed E-state index contributed by atoms with van der Waals surface area (Å²) in [7, 11) is 0. The van der Waals surface area contributed by atoms with Crippen LogP contribution in [0.3, 0.4) is 0 Å². The first-order valence-electron chi connectivity index (χ1n) is 11.9. The Morgan fingerprint density at radius 3 is 2.14 bits per heavy atom. The van der Waals surface area contributed by atoms with Crippen LogP contribution in [0, 0.1) is 5.92 Å². The number of aliphatic hydroxyl groups excluding tert-OH is 1. The molecule has 0 aliphatic heterocycles. The molecule has 37 heavy (non-hydrogen) atoms. The van der Waals surface area contributed by atoms with Gasteiger partial charge in [-0.15, -0.1) is 0 Å². The molecule has 0 spiro atoms. The number of aliphatic imine (C=N–C) groups is 1. The second-order valence-electron chi connectivity index (χ2n) is 9.15. The van der Waals surface area contributed by atoms with Gasteiger partial charge in [0.2, 0.25) is 17.7 Å². The summed E-state index contributed by atoms with van der Waals surface area (Å²) in [6, 6.07) is -4.74. The first-order valence-corrected chi connectivity index (χ1v) is 11.9. The fourth-order valence-corrected chi connectivity index (χ4v) is 3.32. The number of carbonyl (C=O) groups is 4. The Labute approximate surface area is 215 Å². The number of hydrogen-bond donors (Lipinski definition) is 9. The average molecular weight is 526 g/mol. The van der Waals surface area contributed by atoms with E-state index in [-0.39, 0.29) is 37.7 Å². The number of aromatic amines is 1. The molecule has 0 saturated carbocycles. The molecule has 1 rings (SSSR count). The van der Waals surface area contributed by atoms with E-state index in [4.69, 9.17) is 17.2 Å². The Hall–Kier alpha value is -3.72. The van der Waals surface area contributed by atoms with Gasteiger partial charge in [-0.25, -0.2) is 9.78 Å². The summed E-state index contributed by atoms with van der Waals surface area (Å²) < 4.78 is 0. The number of carboxylic acids is 1. The highest BCUT2D eigenvalue weighted by atomic mass is 16.4. The topological polar surface area (TPSA) is 264 Å². The molecule has 0 aliphatic rings. The molecule has 208 valence electrons. The summed E-state index contributed by atoms with van der Waals surface area (Å²) in [5.41, 5.74) is 16.8. The van der Waals surface area contributed by atoms with Crippen LogP contribution in [0.15, 0.2) is 17.5 Å². The summed E-state index contributed by atoms with van der Waals surface area (Å²) in [5, 5.41) is 26.7. The fraction of sp³-hybridized carbons (Fsp3) is 0.636. The van der Waals surface area contributed by atoms with E-state index in [0.29, 0.717) is 12.1 Å². The lowest BCUT2D eigenvalue weighted by atomic mass is 10.0. The zero-order chi connectivity index (χ0) is 28.1. The van der Waals surface area contributed by atoms with Gasteiger partial charge in [0.15, 0.2) is 5.96 Å². The third-order valence-corrected chi connectivity index (χ3v) is 5.33. The second kappa shape index (κ2) is 15.4. The number of guanidine groups is 1. The molecule has 1 aromatic heterocycles. The molecule has 0 aromatic carbocycles. The van der Waals surface area contributed by atoms with Crippen molar-refractivity contribution in [2.24, 2.45) is 28.1 Å². The van der Waals surface area contributed by atoms with Crippen molar-refractivity contribution in [3.8, 4) is 0 Å². The van der Waals surface area contributed by atoms with Crippen molar-refractivity contribution < 1.29 is 29.4 Å². The van der Waals surface area contributed by atoms with E-state index >= 15 is 0 Å². The predicted molar refractivity (Wildman–Crippen MR) is 135 cm³/mol. The monoisotopic (exact) mass is 525 g/mol. The Bertz CT molecular complexity index is 916. The molecule has 1 heterocycles. The van der Waals surface area contributed by atoms with Crippen LogP contribution in [0.5, 0.6) is 0 Å². The van der Waals surface area contributed by atoms with Gasteiger partial charge >= 0.3 is 5.97 Å². The zero-order valence-corrected chi connectivity index (χ0v) is 21.3. The van der Waals surface area contributed by atoms with Crippen molar-refractivity contribution in [1.29, 1.82) is 0 Å². The highest BCUT2D eigenvalue weighted by molar-refractivity contribution is 5.94. The first kappa shape index (κ1) is 31.3.